The average molecular weight is 443 g/mol. The fourth-order valence-electron chi connectivity index (χ4n) is 3.88. The minimum absolute atomic E-state index is 0.0179. The van der Waals surface area contributed by atoms with Crippen molar-refractivity contribution >= 4 is 15.9 Å². The number of carbonyl (C=O) groups is 1. The monoisotopic (exact) mass is 442 g/mol. The summed E-state index contributed by atoms with van der Waals surface area (Å²) in [7, 11) is -2.14. The second-order valence-electron chi connectivity index (χ2n) is 7.61. The minimum atomic E-state index is -3.78. The Hall–Kier alpha value is -3.04. The van der Waals surface area contributed by atoms with Crippen molar-refractivity contribution < 1.29 is 17.6 Å². The molecule has 0 saturated carbocycles. The molecule has 0 bridgehead atoms. The van der Waals surface area contributed by atoms with Gasteiger partial charge in [-0.3, -0.25) is 9.48 Å². The third kappa shape index (κ3) is 4.67. The highest BCUT2D eigenvalue weighted by atomic mass is 32.2. The number of sulfonamides is 1. The zero-order valence-corrected chi connectivity index (χ0v) is 17.8. The molecular weight excluding hydrogens is 419 g/mol. The normalized spacial score (nSPS) is 16.6. The van der Waals surface area contributed by atoms with Crippen molar-refractivity contribution in [2.45, 2.75) is 29.7 Å². The molecule has 0 aliphatic heterocycles. The molecule has 2 N–H and O–H groups in total. The first kappa shape index (κ1) is 21.2. The summed E-state index contributed by atoms with van der Waals surface area (Å²) in [4.78, 5) is 13.1. The number of aromatic nitrogens is 2. The fraction of sp³-hybridized carbons (Fsp3) is 0.273. The third-order valence-corrected chi connectivity index (χ3v) is 6.86. The molecular formula is C22H23FN4O3S. The number of hydrogen-bond donors (Lipinski definition) is 2. The topological polar surface area (TPSA) is 93.1 Å². The molecule has 0 radical (unpaired) electrons. The van der Waals surface area contributed by atoms with Crippen LogP contribution in [0.4, 0.5) is 4.39 Å². The molecule has 7 nitrogen and oxygen atoms in total. The van der Waals surface area contributed by atoms with Gasteiger partial charge in [0.25, 0.3) is 0 Å². The Morgan fingerprint density at radius 3 is 2.74 bits per heavy atom. The van der Waals surface area contributed by atoms with Crippen molar-refractivity contribution in [2.24, 2.45) is 7.05 Å². The van der Waals surface area contributed by atoms with E-state index in [0.29, 0.717) is 12.8 Å². The number of fused-ring (bicyclic) bond motifs is 1. The third-order valence-electron chi connectivity index (χ3n) is 5.49. The summed E-state index contributed by atoms with van der Waals surface area (Å²) in [6.45, 7) is -0.0179. The Kier molecular flexibility index (Phi) is 5.88. The lowest BCUT2D eigenvalue weighted by Crippen LogP contribution is -2.39. The zero-order chi connectivity index (χ0) is 22.0. The van der Waals surface area contributed by atoms with Gasteiger partial charge in [0.15, 0.2) is 0 Å². The van der Waals surface area contributed by atoms with Gasteiger partial charge in [-0.05, 0) is 41.7 Å². The molecule has 2 aromatic carbocycles. The number of benzene rings is 2. The van der Waals surface area contributed by atoms with Gasteiger partial charge in [0.1, 0.15) is 10.7 Å². The molecule has 0 spiro atoms. The van der Waals surface area contributed by atoms with Gasteiger partial charge in [0, 0.05) is 19.8 Å². The van der Waals surface area contributed by atoms with Crippen LogP contribution < -0.4 is 10.0 Å². The molecule has 2 unspecified atom stereocenters. The van der Waals surface area contributed by atoms with Crippen LogP contribution in [-0.2, 0) is 28.3 Å². The predicted octanol–water partition coefficient (Wildman–Crippen LogP) is 2.43. The van der Waals surface area contributed by atoms with E-state index in [-0.39, 0.29) is 23.2 Å². The number of halogens is 1. The summed E-state index contributed by atoms with van der Waals surface area (Å²) in [5, 5.41) is 6.88. The smallest absolute Gasteiger partial charge is 0.243 e. The number of nitrogens with one attached hydrogen (secondary N) is 2. The maximum Gasteiger partial charge on any atom is 0.243 e. The van der Waals surface area contributed by atoms with Gasteiger partial charge >= 0.3 is 0 Å². The van der Waals surface area contributed by atoms with Crippen LogP contribution in [0.1, 0.15) is 35.1 Å². The van der Waals surface area contributed by atoms with Crippen LogP contribution in [0.3, 0.4) is 0 Å². The van der Waals surface area contributed by atoms with E-state index in [1.165, 1.54) is 29.2 Å². The van der Waals surface area contributed by atoms with Crippen LogP contribution in [0.5, 0.6) is 0 Å². The van der Waals surface area contributed by atoms with E-state index in [2.05, 4.69) is 15.1 Å². The lowest BCUT2D eigenvalue weighted by atomic mass is 9.99. The quantitative estimate of drug-likeness (QED) is 0.588. The van der Waals surface area contributed by atoms with Crippen LogP contribution in [0.25, 0.3) is 0 Å². The van der Waals surface area contributed by atoms with Crippen LogP contribution in [0.15, 0.2) is 65.8 Å². The highest BCUT2D eigenvalue weighted by Crippen LogP contribution is 2.34. The maximum atomic E-state index is 13.5. The maximum absolute atomic E-state index is 13.5. The van der Waals surface area contributed by atoms with Crippen LogP contribution in [0, 0.1) is 5.82 Å². The van der Waals surface area contributed by atoms with Crippen LogP contribution >= 0.6 is 0 Å². The number of aryl methyl sites for hydroxylation is 2. The molecule has 1 aromatic heterocycles. The summed E-state index contributed by atoms with van der Waals surface area (Å²) < 4.78 is 42.7. The molecule has 1 heterocycles. The lowest BCUT2D eigenvalue weighted by molar-refractivity contribution is -0.123. The highest BCUT2D eigenvalue weighted by Gasteiger charge is 2.31. The van der Waals surface area contributed by atoms with Crippen molar-refractivity contribution in [1.29, 1.82) is 0 Å². The molecule has 9 heteroatoms. The molecule has 1 amide bonds. The number of amides is 1. The van der Waals surface area contributed by atoms with Crippen molar-refractivity contribution in [3.8, 4) is 0 Å². The first-order valence-corrected chi connectivity index (χ1v) is 11.4. The Labute approximate surface area is 180 Å². The van der Waals surface area contributed by atoms with Crippen LogP contribution in [-0.4, -0.2) is 30.7 Å². The van der Waals surface area contributed by atoms with Gasteiger partial charge in [-0.25, -0.2) is 17.5 Å². The van der Waals surface area contributed by atoms with Crippen molar-refractivity contribution in [2.75, 3.05) is 6.54 Å². The van der Waals surface area contributed by atoms with E-state index in [9.17, 15) is 17.6 Å². The van der Waals surface area contributed by atoms with E-state index in [0.717, 1.165) is 16.7 Å². The first-order chi connectivity index (χ1) is 14.8. The molecule has 0 saturated heterocycles. The average Bonchev–Trinajstić information content (AvgIpc) is 3.38. The van der Waals surface area contributed by atoms with Crippen molar-refractivity contribution in [1.82, 2.24) is 19.8 Å². The second kappa shape index (κ2) is 8.60. The van der Waals surface area contributed by atoms with Gasteiger partial charge in [0.05, 0.1) is 18.2 Å². The van der Waals surface area contributed by atoms with Gasteiger partial charge in [-0.15, -0.1) is 0 Å². The second-order valence-corrected chi connectivity index (χ2v) is 9.37. The fourth-order valence-corrected chi connectivity index (χ4v) is 4.91. The van der Waals surface area contributed by atoms with Gasteiger partial charge < -0.3 is 5.32 Å². The Bertz CT molecular complexity index is 1190. The number of hydrogen-bond acceptors (Lipinski definition) is 4. The summed E-state index contributed by atoms with van der Waals surface area (Å²) in [5.74, 6) is -0.914. The van der Waals surface area contributed by atoms with E-state index < -0.39 is 22.0 Å². The summed E-state index contributed by atoms with van der Waals surface area (Å²) >= 11 is 0. The highest BCUT2D eigenvalue weighted by molar-refractivity contribution is 7.89. The van der Waals surface area contributed by atoms with E-state index in [1.54, 1.807) is 13.1 Å². The first-order valence-electron chi connectivity index (χ1n) is 9.95. The van der Waals surface area contributed by atoms with Crippen molar-refractivity contribution in [3.63, 3.8) is 0 Å². The lowest BCUT2D eigenvalue weighted by Gasteiger charge is -2.22. The SMILES string of the molecule is Cn1cc(S(=O)(=O)NCC(NC(=O)C2CCc3cc(F)ccc32)c2ccccc2)cn1. The van der Waals surface area contributed by atoms with Crippen LogP contribution in [0.2, 0.25) is 0 Å². The Balaban J connectivity index is 1.52. The Morgan fingerprint density at radius 2 is 2.03 bits per heavy atom. The molecule has 0 fully saturated rings. The van der Waals surface area contributed by atoms with E-state index in [4.69, 9.17) is 0 Å². The molecule has 31 heavy (non-hydrogen) atoms. The van der Waals surface area contributed by atoms with Gasteiger partial charge in [0.2, 0.25) is 15.9 Å². The molecule has 4 rings (SSSR count). The molecule has 1 aliphatic rings. The predicted molar refractivity (Wildman–Crippen MR) is 113 cm³/mol. The minimum Gasteiger partial charge on any atom is -0.347 e. The Morgan fingerprint density at radius 1 is 1.26 bits per heavy atom. The summed E-state index contributed by atoms with van der Waals surface area (Å²) in [6, 6.07) is 13.1. The van der Waals surface area contributed by atoms with Gasteiger partial charge in [-0.2, -0.15) is 5.10 Å². The summed E-state index contributed by atoms with van der Waals surface area (Å²) in [6.07, 6.45) is 3.91. The summed E-state index contributed by atoms with van der Waals surface area (Å²) in [5.41, 5.74) is 2.44. The van der Waals surface area contributed by atoms with E-state index >= 15 is 0 Å². The number of carbonyl (C=O) groups excluding carboxylic acids is 1. The zero-order valence-electron chi connectivity index (χ0n) is 17.0. The van der Waals surface area contributed by atoms with E-state index in [1.807, 2.05) is 30.3 Å². The number of rotatable bonds is 7. The van der Waals surface area contributed by atoms with Crippen molar-refractivity contribution in [3.05, 3.63) is 83.4 Å². The van der Waals surface area contributed by atoms with Gasteiger partial charge in [-0.1, -0.05) is 36.4 Å². The standard InChI is InChI=1S/C22H23FN4O3S/c1-27-14-18(12-24-27)31(29,30)25-13-21(15-5-3-2-4-6-15)26-22(28)20-9-7-16-11-17(23)8-10-19(16)20/h2-6,8,10-12,14,20-21,25H,7,9,13H2,1H3,(H,26,28). The molecule has 1 aliphatic carbocycles. The number of nitrogens with zero attached hydrogens (tertiary/aromatic N) is 2. The molecule has 3 aromatic rings. The molecule has 162 valence electrons. The molecule has 2 atom stereocenters. The largest absolute Gasteiger partial charge is 0.347 e.